The number of ether oxygens (including phenoxy) is 2. The molecule has 0 aliphatic carbocycles. The van der Waals surface area contributed by atoms with E-state index in [0.717, 1.165) is 12.8 Å². The summed E-state index contributed by atoms with van der Waals surface area (Å²) in [5, 5.41) is 28.9. The minimum Gasteiger partial charge on any atom is -0.394 e. The second kappa shape index (κ2) is 18.3. The van der Waals surface area contributed by atoms with Crippen LogP contribution in [0.2, 0.25) is 0 Å². The molecule has 29 heavy (non-hydrogen) atoms. The summed E-state index contributed by atoms with van der Waals surface area (Å²) in [7, 11) is 0. The maximum absolute atomic E-state index is 10.0. The summed E-state index contributed by atoms with van der Waals surface area (Å²) in [6, 6.07) is 0. The summed E-state index contributed by atoms with van der Waals surface area (Å²) in [6.07, 6.45) is 19.2. The Labute approximate surface area is 178 Å². The molecule has 0 radical (unpaired) electrons. The zero-order chi connectivity index (χ0) is 21.2. The summed E-state index contributed by atoms with van der Waals surface area (Å²) in [4.78, 5) is 0. The molecule has 0 aromatic heterocycles. The van der Waals surface area contributed by atoms with Crippen molar-refractivity contribution in [2.45, 2.75) is 121 Å². The predicted molar refractivity (Wildman–Crippen MR) is 118 cm³/mol. The van der Waals surface area contributed by atoms with Crippen molar-refractivity contribution in [3.05, 3.63) is 12.2 Å². The van der Waals surface area contributed by atoms with E-state index in [-0.39, 0.29) is 13.2 Å². The monoisotopic (exact) mass is 414 g/mol. The number of unbranched alkanes of at least 4 members (excludes halogenated alkanes) is 12. The first kappa shape index (κ1) is 26.6. The second-order valence-corrected chi connectivity index (χ2v) is 8.38. The fraction of sp³-hybridized carbons (Fsp3) is 0.917. The van der Waals surface area contributed by atoms with Crippen molar-refractivity contribution in [3.63, 3.8) is 0 Å². The van der Waals surface area contributed by atoms with Crippen LogP contribution in [0, 0.1) is 0 Å². The molecule has 0 saturated carbocycles. The highest BCUT2D eigenvalue weighted by molar-refractivity contribution is 4.87. The van der Waals surface area contributed by atoms with E-state index < -0.39 is 24.4 Å². The number of aliphatic hydroxyl groups excluding tert-OH is 3. The smallest absolute Gasteiger partial charge is 0.111 e. The Bertz CT molecular complexity index is 387. The van der Waals surface area contributed by atoms with Crippen LogP contribution in [0.25, 0.3) is 0 Å². The standard InChI is InChI=1S/C24H46O5/c1-2-3-4-5-6-7-8-9-10-11-12-13-14-15-16-17-18-28-22-20-29-21(19-25)23(26)24(22)27/h5-6,21-27H,2-4,7-20H2,1H3/b6-5+/t21-,22+,23-,24-/m1/s1. The van der Waals surface area contributed by atoms with Crippen LogP contribution < -0.4 is 0 Å². The van der Waals surface area contributed by atoms with Gasteiger partial charge in [-0.05, 0) is 25.7 Å². The molecule has 172 valence electrons. The van der Waals surface area contributed by atoms with Gasteiger partial charge in [0.25, 0.3) is 0 Å². The normalized spacial score (nSPS) is 25.1. The SMILES string of the molecule is CCCC/C=C/CCCCCCCCCCCCO[C@H]1CO[C@H](CO)[C@@H](O)[C@@H]1O. The largest absolute Gasteiger partial charge is 0.394 e. The molecule has 3 N–H and O–H groups in total. The van der Waals surface area contributed by atoms with Crippen LogP contribution in [0.4, 0.5) is 0 Å². The number of aliphatic hydroxyl groups is 3. The second-order valence-electron chi connectivity index (χ2n) is 8.38. The molecule has 1 saturated heterocycles. The van der Waals surface area contributed by atoms with Crippen LogP contribution in [0.5, 0.6) is 0 Å². The Morgan fingerprint density at radius 2 is 1.34 bits per heavy atom. The van der Waals surface area contributed by atoms with E-state index in [1.807, 2.05) is 0 Å². The quantitative estimate of drug-likeness (QED) is 0.227. The van der Waals surface area contributed by atoms with Crippen LogP contribution >= 0.6 is 0 Å². The van der Waals surface area contributed by atoms with Crippen molar-refractivity contribution in [2.75, 3.05) is 19.8 Å². The van der Waals surface area contributed by atoms with Crippen LogP contribution in [0.15, 0.2) is 12.2 Å². The maximum atomic E-state index is 10.0. The molecule has 5 heteroatoms. The molecule has 0 unspecified atom stereocenters. The highest BCUT2D eigenvalue weighted by atomic mass is 16.6. The molecular weight excluding hydrogens is 368 g/mol. The molecule has 0 bridgehead atoms. The lowest BCUT2D eigenvalue weighted by Crippen LogP contribution is -2.55. The van der Waals surface area contributed by atoms with E-state index in [1.165, 1.54) is 77.0 Å². The van der Waals surface area contributed by atoms with Crippen molar-refractivity contribution in [3.8, 4) is 0 Å². The van der Waals surface area contributed by atoms with Gasteiger partial charge < -0.3 is 24.8 Å². The van der Waals surface area contributed by atoms with Gasteiger partial charge in [-0.3, -0.25) is 0 Å². The van der Waals surface area contributed by atoms with E-state index in [2.05, 4.69) is 19.1 Å². The molecule has 4 atom stereocenters. The minimum atomic E-state index is -1.08. The highest BCUT2D eigenvalue weighted by Crippen LogP contribution is 2.18. The average Bonchev–Trinajstić information content (AvgIpc) is 2.73. The molecule has 5 nitrogen and oxygen atoms in total. The summed E-state index contributed by atoms with van der Waals surface area (Å²) in [5.74, 6) is 0. The predicted octanol–water partition coefficient (Wildman–Crippen LogP) is 4.52. The van der Waals surface area contributed by atoms with Crippen LogP contribution in [-0.4, -0.2) is 59.6 Å². The van der Waals surface area contributed by atoms with Gasteiger partial charge in [-0.1, -0.05) is 83.3 Å². The van der Waals surface area contributed by atoms with Crippen molar-refractivity contribution in [1.29, 1.82) is 0 Å². The molecule has 1 fully saturated rings. The maximum Gasteiger partial charge on any atom is 0.111 e. The molecule has 0 aromatic rings. The first-order valence-corrected chi connectivity index (χ1v) is 12.1. The third-order valence-corrected chi connectivity index (χ3v) is 5.75. The van der Waals surface area contributed by atoms with Crippen molar-refractivity contribution < 1.29 is 24.8 Å². The summed E-state index contributed by atoms with van der Waals surface area (Å²) >= 11 is 0. The Morgan fingerprint density at radius 1 is 0.793 bits per heavy atom. The summed E-state index contributed by atoms with van der Waals surface area (Å²) in [5.41, 5.74) is 0. The molecule has 0 spiro atoms. The first-order chi connectivity index (χ1) is 14.2. The van der Waals surface area contributed by atoms with Gasteiger partial charge in [0.1, 0.15) is 24.4 Å². The van der Waals surface area contributed by atoms with Gasteiger partial charge in [0, 0.05) is 6.61 Å². The van der Waals surface area contributed by atoms with Crippen molar-refractivity contribution in [2.24, 2.45) is 0 Å². The topological polar surface area (TPSA) is 79.2 Å². The van der Waals surface area contributed by atoms with E-state index in [0.29, 0.717) is 6.61 Å². The molecule has 1 rings (SSSR count). The highest BCUT2D eigenvalue weighted by Gasteiger charge is 2.38. The lowest BCUT2D eigenvalue weighted by molar-refractivity contribution is -0.208. The fourth-order valence-electron chi connectivity index (χ4n) is 3.73. The van der Waals surface area contributed by atoms with Crippen molar-refractivity contribution >= 4 is 0 Å². The van der Waals surface area contributed by atoms with E-state index in [4.69, 9.17) is 14.6 Å². The number of rotatable bonds is 18. The van der Waals surface area contributed by atoms with Gasteiger partial charge in [-0.15, -0.1) is 0 Å². The van der Waals surface area contributed by atoms with Crippen LogP contribution in [0.1, 0.15) is 96.8 Å². The Kier molecular flexibility index (Phi) is 16.8. The lowest BCUT2D eigenvalue weighted by atomic mass is 10.0. The summed E-state index contributed by atoms with van der Waals surface area (Å²) < 4.78 is 11.0. The first-order valence-electron chi connectivity index (χ1n) is 12.1. The van der Waals surface area contributed by atoms with Gasteiger partial charge in [0.05, 0.1) is 13.2 Å². The van der Waals surface area contributed by atoms with Gasteiger partial charge in [-0.2, -0.15) is 0 Å². The Hall–Kier alpha value is -0.460. The lowest BCUT2D eigenvalue weighted by Gasteiger charge is -2.36. The molecule has 1 heterocycles. The van der Waals surface area contributed by atoms with Crippen LogP contribution in [0.3, 0.4) is 0 Å². The van der Waals surface area contributed by atoms with Crippen molar-refractivity contribution in [1.82, 2.24) is 0 Å². The van der Waals surface area contributed by atoms with E-state index >= 15 is 0 Å². The summed E-state index contributed by atoms with van der Waals surface area (Å²) in [6.45, 7) is 2.75. The third-order valence-electron chi connectivity index (χ3n) is 5.75. The molecule has 1 aliphatic heterocycles. The Morgan fingerprint density at radius 3 is 1.93 bits per heavy atom. The van der Waals surface area contributed by atoms with Crippen LogP contribution in [-0.2, 0) is 9.47 Å². The number of allylic oxidation sites excluding steroid dienone is 2. The average molecular weight is 415 g/mol. The third kappa shape index (κ3) is 12.7. The van der Waals surface area contributed by atoms with Gasteiger partial charge in [0.15, 0.2) is 0 Å². The fourth-order valence-corrected chi connectivity index (χ4v) is 3.73. The molecule has 1 aliphatic rings. The Balaban J connectivity index is 1.82. The van der Waals surface area contributed by atoms with Gasteiger partial charge in [-0.25, -0.2) is 0 Å². The van der Waals surface area contributed by atoms with E-state index in [1.54, 1.807) is 0 Å². The van der Waals surface area contributed by atoms with Gasteiger partial charge in [0.2, 0.25) is 0 Å². The van der Waals surface area contributed by atoms with Gasteiger partial charge >= 0.3 is 0 Å². The molecular formula is C24H46O5. The molecule has 0 aromatic carbocycles. The minimum absolute atomic E-state index is 0.221. The molecule has 0 amide bonds. The van der Waals surface area contributed by atoms with E-state index in [9.17, 15) is 10.2 Å². The number of hydrogen-bond acceptors (Lipinski definition) is 5. The zero-order valence-corrected chi connectivity index (χ0v) is 18.6. The zero-order valence-electron chi connectivity index (χ0n) is 18.6. The number of hydrogen-bond donors (Lipinski definition) is 3.